The molecule has 0 bridgehead atoms. The van der Waals surface area contributed by atoms with Crippen LogP contribution in [0, 0.1) is 0 Å². The fourth-order valence-corrected chi connectivity index (χ4v) is 3.84. The standard InChI is InChI=1S/C14H27NS/c16-12-11-15(13-7-3-1-4-8-13)14-9-5-2-6-10-14/h13-14,16H,1-12H2. The Morgan fingerprint density at radius 3 is 1.56 bits per heavy atom. The molecular weight excluding hydrogens is 214 g/mol. The summed E-state index contributed by atoms with van der Waals surface area (Å²) in [5, 5.41) is 0. The van der Waals surface area contributed by atoms with Crippen molar-refractivity contribution in [2.45, 2.75) is 76.3 Å². The quantitative estimate of drug-likeness (QED) is 0.731. The lowest BCUT2D eigenvalue weighted by molar-refractivity contribution is 0.0882. The van der Waals surface area contributed by atoms with E-state index in [0.717, 1.165) is 17.8 Å². The first-order valence-corrected chi connectivity index (χ1v) is 7.91. The highest BCUT2D eigenvalue weighted by Gasteiger charge is 2.27. The smallest absolute Gasteiger partial charge is 0.00985 e. The molecule has 94 valence electrons. The number of hydrogen-bond acceptors (Lipinski definition) is 2. The Balaban J connectivity index is 1.91. The Morgan fingerprint density at radius 2 is 1.19 bits per heavy atom. The fourth-order valence-electron chi connectivity index (χ4n) is 3.60. The third-order valence-electron chi connectivity index (χ3n) is 4.45. The van der Waals surface area contributed by atoms with Gasteiger partial charge in [-0.3, -0.25) is 4.90 Å². The SMILES string of the molecule is SCCN(C1CCCCC1)C1CCCCC1. The minimum absolute atomic E-state index is 0.893. The maximum atomic E-state index is 4.46. The molecule has 0 heterocycles. The van der Waals surface area contributed by atoms with Gasteiger partial charge in [-0.05, 0) is 25.7 Å². The number of hydrogen-bond donors (Lipinski definition) is 1. The van der Waals surface area contributed by atoms with Crippen molar-refractivity contribution in [1.29, 1.82) is 0 Å². The van der Waals surface area contributed by atoms with Crippen LogP contribution in [0.4, 0.5) is 0 Å². The Hall–Kier alpha value is 0.310. The van der Waals surface area contributed by atoms with Gasteiger partial charge in [0.15, 0.2) is 0 Å². The highest BCUT2D eigenvalue weighted by atomic mass is 32.1. The van der Waals surface area contributed by atoms with Crippen LogP contribution in [0.15, 0.2) is 0 Å². The molecule has 0 aromatic rings. The van der Waals surface area contributed by atoms with Crippen LogP contribution >= 0.6 is 12.6 Å². The zero-order valence-corrected chi connectivity index (χ0v) is 11.4. The molecule has 16 heavy (non-hydrogen) atoms. The summed E-state index contributed by atoms with van der Waals surface area (Å²) in [4.78, 5) is 2.82. The second kappa shape index (κ2) is 6.90. The Labute approximate surface area is 106 Å². The van der Waals surface area contributed by atoms with Crippen LogP contribution in [0.1, 0.15) is 64.2 Å². The predicted octanol–water partition coefficient (Wildman–Crippen LogP) is 3.88. The highest BCUT2D eigenvalue weighted by Crippen LogP contribution is 2.29. The summed E-state index contributed by atoms with van der Waals surface area (Å²) < 4.78 is 0. The number of thiol groups is 1. The lowest BCUT2D eigenvalue weighted by atomic mass is 9.89. The first-order valence-electron chi connectivity index (χ1n) is 7.28. The highest BCUT2D eigenvalue weighted by molar-refractivity contribution is 7.80. The van der Waals surface area contributed by atoms with Crippen LogP contribution in [-0.2, 0) is 0 Å². The Bertz CT molecular complexity index is 165. The van der Waals surface area contributed by atoms with E-state index in [1.807, 2.05) is 0 Å². The molecule has 0 aliphatic heterocycles. The Kier molecular flexibility index (Phi) is 5.51. The second-order valence-electron chi connectivity index (χ2n) is 5.55. The predicted molar refractivity (Wildman–Crippen MR) is 74.3 cm³/mol. The fraction of sp³-hybridized carbons (Fsp3) is 1.00. The molecule has 0 spiro atoms. The third-order valence-corrected chi connectivity index (χ3v) is 4.65. The van der Waals surface area contributed by atoms with Gasteiger partial charge in [-0.2, -0.15) is 12.6 Å². The zero-order chi connectivity index (χ0) is 11.2. The van der Waals surface area contributed by atoms with Crippen molar-refractivity contribution in [1.82, 2.24) is 4.90 Å². The van der Waals surface area contributed by atoms with Gasteiger partial charge in [0.1, 0.15) is 0 Å². The first kappa shape index (κ1) is 12.8. The van der Waals surface area contributed by atoms with Gasteiger partial charge < -0.3 is 0 Å². The molecule has 2 aliphatic rings. The first-order chi connectivity index (χ1) is 7.92. The normalized spacial score (nSPS) is 25.1. The van der Waals surface area contributed by atoms with Gasteiger partial charge >= 0.3 is 0 Å². The van der Waals surface area contributed by atoms with Gasteiger partial charge in [-0.1, -0.05) is 38.5 Å². The molecule has 0 amide bonds. The number of nitrogens with zero attached hydrogens (tertiary/aromatic N) is 1. The second-order valence-corrected chi connectivity index (χ2v) is 5.99. The van der Waals surface area contributed by atoms with Crippen molar-refractivity contribution in [3.05, 3.63) is 0 Å². The molecule has 0 atom stereocenters. The average Bonchev–Trinajstić information content (AvgIpc) is 2.38. The largest absolute Gasteiger partial charge is 0.297 e. The molecule has 1 nitrogen and oxygen atoms in total. The summed E-state index contributed by atoms with van der Waals surface area (Å²) in [6.45, 7) is 1.22. The minimum atomic E-state index is 0.893. The van der Waals surface area contributed by atoms with E-state index >= 15 is 0 Å². The van der Waals surface area contributed by atoms with Crippen molar-refractivity contribution in [3.63, 3.8) is 0 Å². The van der Waals surface area contributed by atoms with E-state index in [1.54, 1.807) is 0 Å². The van der Waals surface area contributed by atoms with Gasteiger partial charge in [-0.15, -0.1) is 0 Å². The molecule has 2 aliphatic carbocycles. The van der Waals surface area contributed by atoms with Crippen LogP contribution in [0.5, 0.6) is 0 Å². The van der Waals surface area contributed by atoms with Gasteiger partial charge in [0, 0.05) is 24.4 Å². The lowest BCUT2D eigenvalue weighted by Crippen LogP contribution is -2.46. The topological polar surface area (TPSA) is 3.24 Å². The van der Waals surface area contributed by atoms with Crippen molar-refractivity contribution in [2.24, 2.45) is 0 Å². The maximum Gasteiger partial charge on any atom is 0.00985 e. The van der Waals surface area contributed by atoms with E-state index in [1.165, 1.54) is 70.8 Å². The van der Waals surface area contributed by atoms with E-state index in [-0.39, 0.29) is 0 Å². The minimum Gasteiger partial charge on any atom is -0.297 e. The summed E-state index contributed by atoms with van der Waals surface area (Å²) in [7, 11) is 0. The molecule has 0 aromatic carbocycles. The van der Waals surface area contributed by atoms with E-state index in [4.69, 9.17) is 0 Å². The van der Waals surface area contributed by atoms with Crippen LogP contribution in [0.2, 0.25) is 0 Å². The van der Waals surface area contributed by atoms with Gasteiger partial charge in [0.2, 0.25) is 0 Å². The lowest BCUT2D eigenvalue weighted by Gasteiger charge is -2.41. The van der Waals surface area contributed by atoms with E-state index in [2.05, 4.69) is 17.5 Å². The zero-order valence-electron chi connectivity index (χ0n) is 10.5. The molecule has 0 saturated heterocycles. The van der Waals surface area contributed by atoms with Crippen molar-refractivity contribution in [3.8, 4) is 0 Å². The van der Waals surface area contributed by atoms with E-state index in [0.29, 0.717) is 0 Å². The van der Waals surface area contributed by atoms with Gasteiger partial charge in [0.25, 0.3) is 0 Å². The summed E-state index contributed by atoms with van der Waals surface area (Å²) >= 11 is 4.46. The monoisotopic (exact) mass is 241 g/mol. The molecule has 2 saturated carbocycles. The molecule has 0 aromatic heterocycles. The Morgan fingerprint density at radius 1 is 0.750 bits per heavy atom. The van der Waals surface area contributed by atoms with Crippen LogP contribution in [0.25, 0.3) is 0 Å². The van der Waals surface area contributed by atoms with Crippen LogP contribution in [-0.4, -0.2) is 29.3 Å². The van der Waals surface area contributed by atoms with Crippen molar-refractivity contribution < 1.29 is 0 Å². The molecule has 0 radical (unpaired) electrons. The molecule has 2 fully saturated rings. The molecule has 2 heteroatoms. The molecule has 0 unspecified atom stereocenters. The van der Waals surface area contributed by atoms with E-state index in [9.17, 15) is 0 Å². The summed E-state index contributed by atoms with van der Waals surface area (Å²) in [6, 6.07) is 1.79. The molecule has 0 N–H and O–H groups in total. The average molecular weight is 241 g/mol. The molecular formula is C14H27NS. The summed E-state index contributed by atoms with van der Waals surface area (Å²) in [5.41, 5.74) is 0. The van der Waals surface area contributed by atoms with E-state index < -0.39 is 0 Å². The van der Waals surface area contributed by atoms with Gasteiger partial charge in [-0.25, -0.2) is 0 Å². The van der Waals surface area contributed by atoms with Crippen LogP contribution in [0.3, 0.4) is 0 Å². The maximum absolute atomic E-state index is 4.46. The third kappa shape index (κ3) is 3.40. The van der Waals surface area contributed by atoms with Gasteiger partial charge in [0.05, 0.1) is 0 Å². The molecule has 2 rings (SSSR count). The van der Waals surface area contributed by atoms with Crippen molar-refractivity contribution >= 4 is 12.6 Å². The van der Waals surface area contributed by atoms with Crippen LogP contribution < -0.4 is 0 Å². The van der Waals surface area contributed by atoms with Crippen molar-refractivity contribution in [2.75, 3.05) is 12.3 Å². The number of rotatable bonds is 4. The summed E-state index contributed by atoms with van der Waals surface area (Å²) in [5.74, 6) is 1.03. The summed E-state index contributed by atoms with van der Waals surface area (Å²) in [6.07, 6.45) is 14.6.